The molecular weight excluding hydrogens is 448 g/mol. The summed E-state index contributed by atoms with van der Waals surface area (Å²) in [6, 6.07) is 1.34. The molecule has 4 aliphatic rings. The fourth-order valence-corrected chi connectivity index (χ4v) is 5.53. The molecule has 1 unspecified atom stereocenters. The molecule has 10 heteroatoms. The van der Waals surface area contributed by atoms with Crippen molar-refractivity contribution in [3.63, 3.8) is 0 Å². The summed E-state index contributed by atoms with van der Waals surface area (Å²) in [5, 5.41) is 0.299. The minimum atomic E-state index is -0.576. The highest BCUT2D eigenvalue weighted by molar-refractivity contribution is 6.30. The number of carbonyl (C=O) groups is 2. The maximum atomic E-state index is 13.8. The summed E-state index contributed by atoms with van der Waals surface area (Å²) in [5.41, 5.74) is -0.263. The maximum Gasteiger partial charge on any atom is 0.410 e. The summed E-state index contributed by atoms with van der Waals surface area (Å²) in [7, 11) is 0. The van der Waals surface area contributed by atoms with Gasteiger partial charge in [-0.1, -0.05) is 11.6 Å². The normalized spacial score (nSPS) is 27.3. The number of hydrogen-bond donors (Lipinski definition) is 0. The van der Waals surface area contributed by atoms with Gasteiger partial charge in [0.25, 0.3) is 5.91 Å². The quantitative estimate of drug-likeness (QED) is 0.574. The number of halogens is 1. The van der Waals surface area contributed by atoms with Gasteiger partial charge in [-0.05, 0) is 40.0 Å². The average Bonchev–Trinajstić information content (AvgIpc) is 3.36. The van der Waals surface area contributed by atoms with Crippen LogP contribution in [0.1, 0.15) is 50.4 Å². The molecule has 0 aromatic carbocycles. The van der Waals surface area contributed by atoms with Gasteiger partial charge in [0, 0.05) is 38.9 Å². The molecular formula is C23H31ClN4O5. The predicted octanol–water partition coefficient (Wildman–Crippen LogP) is 2.95. The molecule has 3 saturated heterocycles. The number of aromatic nitrogens is 1. The molecule has 5 heterocycles. The van der Waals surface area contributed by atoms with Crippen molar-refractivity contribution in [2.45, 2.75) is 57.2 Å². The third kappa shape index (κ3) is 4.10. The minimum absolute atomic E-state index is 0.128. The van der Waals surface area contributed by atoms with E-state index < -0.39 is 5.60 Å². The van der Waals surface area contributed by atoms with Gasteiger partial charge in [-0.15, -0.1) is 0 Å². The van der Waals surface area contributed by atoms with E-state index in [-0.39, 0.29) is 30.2 Å². The number of piperazine rings is 1. The zero-order valence-corrected chi connectivity index (χ0v) is 20.2. The summed E-state index contributed by atoms with van der Waals surface area (Å²) in [6.45, 7) is 9.09. The van der Waals surface area contributed by atoms with Crippen molar-refractivity contribution in [1.29, 1.82) is 0 Å². The van der Waals surface area contributed by atoms with E-state index in [9.17, 15) is 9.59 Å². The molecule has 5 rings (SSSR count). The second-order valence-corrected chi connectivity index (χ2v) is 10.7. The van der Waals surface area contributed by atoms with E-state index in [0.717, 1.165) is 25.8 Å². The molecule has 9 nitrogen and oxygen atoms in total. The van der Waals surface area contributed by atoms with Gasteiger partial charge in [0.1, 0.15) is 34.5 Å². The molecule has 0 aliphatic carbocycles. The molecule has 0 radical (unpaired) electrons. The highest BCUT2D eigenvalue weighted by atomic mass is 35.5. The zero-order valence-electron chi connectivity index (χ0n) is 19.4. The lowest BCUT2D eigenvalue weighted by Gasteiger charge is -2.40. The number of hydrogen-bond acceptors (Lipinski definition) is 7. The largest absolute Gasteiger partial charge is 0.490 e. The van der Waals surface area contributed by atoms with E-state index in [0.29, 0.717) is 55.1 Å². The first kappa shape index (κ1) is 22.5. The third-order valence-electron chi connectivity index (χ3n) is 6.91. The predicted molar refractivity (Wildman–Crippen MR) is 122 cm³/mol. The summed E-state index contributed by atoms with van der Waals surface area (Å²) in [6.07, 6.45) is 2.55. The van der Waals surface area contributed by atoms with Gasteiger partial charge in [0.2, 0.25) is 0 Å². The third-order valence-corrected chi connectivity index (χ3v) is 7.10. The minimum Gasteiger partial charge on any atom is -0.490 e. The second-order valence-electron chi connectivity index (χ2n) is 10.3. The second kappa shape index (κ2) is 8.20. The van der Waals surface area contributed by atoms with Gasteiger partial charge < -0.3 is 28.9 Å². The van der Waals surface area contributed by atoms with Crippen molar-refractivity contribution in [3.8, 4) is 5.75 Å². The molecule has 180 valence electrons. The van der Waals surface area contributed by atoms with Crippen LogP contribution in [0.4, 0.5) is 10.6 Å². The Balaban J connectivity index is 1.44. The lowest BCUT2D eigenvalue weighted by molar-refractivity contribution is 0.000952. The van der Waals surface area contributed by atoms with E-state index in [1.165, 1.54) is 0 Å². The van der Waals surface area contributed by atoms with Gasteiger partial charge in [-0.25, -0.2) is 9.78 Å². The lowest BCUT2D eigenvalue weighted by Crippen LogP contribution is -2.58. The molecule has 2 atom stereocenters. The molecule has 1 spiro atoms. The van der Waals surface area contributed by atoms with Gasteiger partial charge in [0.05, 0.1) is 18.2 Å². The first-order valence-corrected chi connectivity index (χ1v) is 12.0. The van der Waals surface area contributed by atoms with Gasteiger partial charge in [0.15, 0.2) is 0 Å². The van der Waals surface area contributed by atoms with Crippen LogP contribution in [0.5, 0.6) is 5.75 Å². The monoisotopic (exact) mass is 478 g/mol. The fraction of sp³-hybridized carbons (Fsp3) is 0.696. The Hall–Kier alpha value is -2.26. The van der Waals surface area contributed by atoms with Gasteiger partial charge in [-0.2, -0.15) is 0 Å². The van der Waals surface area contributed by atoms with Gasteiger partial charge in [-0.3, -0.25) is 4.79 Å². The Labute approximate surface area is 198 Å². The number of ether oxygens (including phenoxy) is 3. The van der Waals surface area contributed by atoms with Crippen molar-refractivity contribution >= 4 is 29.4 Å². The molecule has 0 bridgehead atoms. The molecule has 0 saturated carbocycles. The van der Waals surface area contributed by atoms with E-state index in [1.807, 2.05) is 20.8 Å². The van der Waals surface area contributed by atoms with Crippen molar-refractivity contribution in [3.05, 3.63) is 16.8 Å². The van der Waals surface area contributed by atoms with E-state index in [4.69, 9.17) is 25.8 Å². The van der Waals surface area contributed by atoms with Crippen LogP contribution in [0, 0.1) is 0 Å². The summed E-state index contributed by atoms with van der Waals surface area (Å²) in [4.78, 5) is 36.7. The number of nitrogens with zero attached hydrogens (tertiary/aromatic N) is 4. The molecule has 4 aliphatic heterocycles. The number of fused-ring (bicyclic) bond motifs is 2. The Bertz CT molecular complexity index is 953. The Morgan fingerprint density at radius 1 is 1.27 bits per heavy atom. The Morgan fingerprint density at radius 2 is 2.09 bits per heavy atom. The highest BCUT2D eigenvalue weighted by Crippen LogP contribution is 2.44. The van der Waals surface area contributed by atoms with Crippen LogP contribution >= 0.6 is 11.6 Å². The van der Waals surface area contributed by atoms with Crippen molar-refractivity contribution in [2.24, 2.45) is 0 Å². The van der Waals surface area contributed by atoms with E-state index >= 15 is 0 Å². The van der Waals surface area contributed by atoms with Crippen LogP contribution in [-0.2, 0) is 9.47 Å². The fourth-order valence-electron chi connectivity index (χ4n) is 5.35. The van der Waals surface area contributed by atoms with Crippen LogP contribution in [0.3, 0.4) is 0 Å². The van der Waals surface area contributed by atoms with Crippen molar-refractivity contribution in [1.82, 2.24) is 14.8 Å². The Kier molecular flexibility index (Phi) is 5.60. The number of rotatable bonds is 1. The summed E-state index contributed by atoms with van der Waals surface area (Å²) >= 11 is 6.39. The number of amides is 2. The average molecular weight is 479 g/mol. The van der Waals surface area contributed by atoms with Crippen molar-refractivity contribution < 1.29 is 23.8 Å². The zero-order chi connectivity index (χ0) is 23.4. The molecule has 0 N–H and O–H groups in total. The number of pyridine rings is 1. The number of carbonyl (C=O) groups excluding carboxylic acids is 2. The summed E-state index contributed by atoms with van der Waals surface area (Å²) < 4.78 is 17.4. The molecule has 33 heavy (non-hydrogen) atoms. The van der Waals surface area contributed by atoms with Crippen LogP contribution in [-0.4, -0.2) is 90.0 Å². The summed E-state index contributed by atoms with van der Waals surface area (Å²) in [5.74, 6) is 0.909. The van der Waals surface area contributed by atoms with E-state index in [1.54, 1.807) is 15.9 Å². The first-order valence-electron chi connectivity index (χ1n) is 11.6. The molecule has 1 aromatic rings. The van der Waals surface area contributed by atoms with Crippen LogP contribution < -0.4 is 9.64 Å². The first-order chi connectivity index (χ1) is 15.7. The van der Waals surface area contributed by atoms with Crippen LogP contribution in [0.2, 0.25) is 5.15 Å². The maximum absolute atomic E-state index is 13.8. The molecule has 2 amide bonds. The topological polar surface area (TPSA) is 84.4 Å². The smallest absolute Gasteiger partial charge is 0.410 e. The molecule has 1 aromatic heterocycles. The lowest BCUT2D eigenvalue weighted by atomic mass is 9.95. The SMILES string of the molecule is CC(C)(C)OC(=O)N1CCN2C(=O)c3c(cc(Cl)nc3N3CCCC34CCOC4)OC[C@H]2C1. The Morgan fingerprint density at radius 3 is 2.82 bits per heavy atom. The number of anilines is 1. The van der Waals surface area contributed by atoms with Gasteiger partial charge >= 0.3 is 6.09 Å². The molecule has 3 fully saturated rings. The van der Waals surface area contributed by atoms with Crippen molar-refractivity contribution in [2.75, 3.05) is 50.9 Å². The van der Waals surface area contributed by atoms with Crippen LogP contribution in [0.25, 0.3) is 0 Å². The standard InChI is InChI=1S/C23H31ClN4O5/c1-22(2,3)33-21(30)26-8-9-27-15(12-26)13-32-16-11-17(24)25-19(18(16)20(27)29)28-7-4-5-23(28)6-10-31-14-23/h11,15H,4-10,12-14H2,1-3H3/t15-,23?/m1/s1. The van der Waals surface area contributed by atoms with E-state index in [2.05, 4.69) is 9.88 Å². The highest BCUT2D eigenvalue weighted by Gasteiger charge is 2.48. The van der Waals surface area contributed by atoms with Crippen LogP contribution in [0.15, 0.2) is 6.07 Å².